The maximum atomic E-state index is 13.3. The Morgan fingerprint density at radius 3 is 2.79 bits per heavy atom. The standard InChI is InChI=1S/C14H11ClF2N2/c15-10-5-9-7-18-4-3-13(9)19-14(10)8-1-2-11(16)12(17)6-8/h1-2,5-6,18H,3-4,7H2. The van der Waals surface area contributed by atoms with Gasteiger partial charge in [-0.3, -0.25) is 4.98 Å². The predicted octanol–water partition coefficient (Wildman–Crippen LogP) is 3.33. The maximum absolute atomic E-state index is 13.3. The molecule has 0 radical (unpaired) electrons. The highest BCUT2D eigenvalue weighted by Gasteiger charge is 2.16. The molecule has 0 bridgehead atoms. The van der Waals surface area contributed by atoms with Gasteiger partial charge in [0.2, 0.25) is 0 Å². The molecule has 3 rings (SSSR count). The number of halogens is 3. The van der Waals surface area contributed by atoms with Crippen LogP contribution in [0.1, 0.15) is 11.3 Å². The Morgan fingerprint density at radius 2 is 2.00 bits per heavy atom. The monoisotopic (exact) mass is 280 g/mol. The molecule has 98 valence electrons. The number of hydrogen-bond acceptors (Lipinski definition) is 2. The third kappa shape index (κ3) is 2.33. The highest BCUT2D eigenvalue weighted by molar-refractivity contribution is 6.33. The first-order valence-corrected chi connectivity index (χ1v) is 6.37. The molecule has 1 N–H and O–H groups in total. The molecule has 5 heteroatoms. The lowest BCUT2D eigenvalue weighted by Gasteiger charge is -2.18. The Kier molecular flexibility index (Phi) is 3.21. The fraction of sp³-hybridized carbons (Fsp3) is 0.214. The van der Waals surface area contributed by atoms with E-state index in [0.29, 0.717) is 16.3 Å². The Labute approximate surface area is 114 Å². The van der Waals surface area contributed by atoms with E-state index in [9.17, 15) is 8.78 Å². The summed E-state index contributed by atoms with van der Waals surface area (Å²) in [6, 6.07) is 5.54. The van der Waals surface area contributed by atoms with Crippen molar-refractivity contribution in [3.05, 3.63) is 52.2 Å². The van der Waals surface area contributed by atoms with Crippen LogP contribution in [-0.2, 0) is 13.0 Å². The van der Waals surface area contributed by atoms with Crippen molar-refractivity contribution in [2.75, 3.05) is 6.54 Å². The van der Waals surface area contributed by atoms with Crippen molar-refractivity contribution in [3.63, 3.8) is 0 Å². The normalized spacial score (nSPS) is 14.3. The van der Waals surface area contributed by atoms with Crippen LogP contribution >= 0.6 is 11.6 Å². The van der Waals surface area contributed by atoms with E-state index in [1.807, 2.05) is 6.07 Å². The Balaban J connectivity index is 2.11. The number of benzene rings is 1. The Morgan fingerprint density at radius 1 is 1.16 bits per heavy atom. The van der Waals surface area contributed by atoms with Gasteiger partial charge in [0.15, 0.2) is 11.6 Å². The zero-order valence-electron chi connectivity index (χ0n) is 10.0. The third-order valence-corrected chi connectivity index (χ3v) is 3.48. The molecule has 1 aliphatic rings. The molecule has 0 amide bonds. The fourth-order valence-corrected chi connectivity index (χ4v) is 2.49. The minimum absolute atomic E-state index is 0.452. The molecule has 2 aromatic rings. The van der Waals surface area contributed by atoms with Gasteiger partial charge in [-0.05, 0) is 29.8 Å². The van der Waals surface area contributed by atoms with E-state index >= 15 is 0 Å². The maximum Gasteiger partial charge on any atom is 0.159 e. The Hall–Kier alpha value is -1.52. The van der Waals surface area contributed by atoms with Gasteiger partial charge in [-0.15, -0.1) is 0 Å². The SMILES string of the molecule is Fc1ccc(-c2nc3c(cc2Cl)CNCC3)cc1F. The second kappa shape index (κ2) is 4.87. The summed E-state index contributed by atoms with van der Waals surface area (Å²) in [5.41, 5.74) is 3.01. The average molecular weight is 281 g/mol. The van der Waals surface area contributed by atoms with Gasteiger partial charge < -0.3 is 5.32 Å². The van der Waals surface area contributed by atoms with Gasteiger partial charge in [0.1, 0.15) is 0 Å². The molecule has 0 unspecified atom stereocenters. The summed E-state index contributed by atoms with van der Waals surface area (Å²) in [4.78, 5) is 4.49. The van der Waals surface area contributed by atoms with Crippen molar-refractivity contribution >= 4 is 11.6 Å². The lowest BCUT2D eigenvalue weighted by atomic mass is 10.0. The van der Waals surface area contributed by atoms with Crippen molar-refractivity contribution in [1.82, 2.24) is 10.3 Å². The van der Waals surface area contributed by atoms with Gasteiger partial charge >= 0.3 is 0 Å². The molecule has 0 saturated carbocycles. The minimum Gasteiger partial charge on any atom is -0.312 e. The number of pyridine rings is 1. The predicted molar refractivity (Wildman–Crippen MR) is 70.0 cm³/mol. The molecule has 0 spiro atoms. The van der Waals surface area contributed by atoms with E-state index in [4.69, 9.17) is 11.6 Å². The summed E-state index contributed by atoms with van der Waals surface area (Å²) >= 11 is 6.18. The van der Waals surface area contributed by atoms with Gasteiger partial charge in [0.25, 0.3) is 0 Å². The van der Waals surface area contributed by atoms with Gasteiger partial charge in [0, 0.05) is 30.8 Å². The molecule has 1 aromatic heterocycles. The summed E-state index contributed by atoms with van der Waals surface area (Å²) in [6.07, 6.45) is 0.809. The summed E-state index contributed by atoms with van der Waals surface area (Å²) in [7, 11) is 0. The van der Waals surface area contributed by atoms with Crippen molar-refractivity contribution in [2.45, 2.75) is 13.0 Å². The van der Waals surface area contributed by atoms with Crippen LogP contribution in [-0.4, -0.2) is 11.5 Å². The highest BCUT2D eigenvalue weighted by atomic mass is 35.5. The summed E-state index contributed by atoms with van der Waals surface area (Å²) in [5, 5.41) is 3.69. The van der Waals surface area contributed by atoms with Crippen LogP contribution in [0.2, 0.25) is 5.02 Å². The van der Waals surface area contributed by atoms with Crippen molar-refractivity contribution < 1.29 is 8.78 Å². The van der Waals surface area contributed by atoms with Crippen LogP contribution in [0, 0.1) is 11.6 Å². The van der Waals surface area contributed by atoms with Gasteiger partial charge in [0.05, 0.1) is 10.7 Å². The summed E-state index contributed by atoms with van der Waals surface area (Å²) in [6.45, 7) is 1.60. The molecular weight excluding hydrogens is 270 g/mol. The van der Waals surface area contributed by atoms with E-state index < -0.39 is 11.6 Å². The van der Waals surface area contributed by atoms with E-state index in [2.05, 4.69) is 10.3 Å². The van der Waals surface area contributed by atoms with Gasteiger partial charge in [-0.1, -0.05) is 11.6 Å². The second-order valence-corrected chi connectivity index (χ2v) is 4.89. The van der Waals surface area contributed by atoms with Crippen LogP contribution in [0.4, 0.5) is 8.78 Å². The van der Waals surface area contributed by atoms with Crippen molar-refractivity contribution in [3.8, 4) is 11.3 Å². The highest BCUT2D eigenvalue weighted by Crippen LogP contribution is 2.29. The summed E-state index contributed by atoms with van der Waals surface area (Å²) in [5.74, 6) is -1.77. The van der Waals surface area contributed by atoms with E-state index in [0.717, 1.165) is 42.9 Å². The number of nitrogens with one attached hydrogen (secondary N) is 1. The first-order chi connectivity index (χ1) is 9.15. The third-order valence-electron chi connectivity index (χ3n) is 3.19. The van der Waals surface area contributed by atoms with Crippen LogP contribution in [0.5, 0.6) is 0 Å². The number of hydrogen-bond donors (Lipinski definition) is 1. The number of nitrogens with zero attached hydrogens (tertiary/aromatic N) is 1. The van der Waals surface area contributed by atoms with Crippen LogP contribution < -0.4 is 5.32 Å². The number of fused-ring (bicyclic) bond motifs is 1. The largest absolute Gasteiger partial charge is 0.312 e. The van der Waals surface area contributed by atoms with E-state index in [-0.39, 0.29) is 0 Å². The lowest BCUT2D eigenvalue weighted by Crippen LogP contribution is -2.24. The number of rotatable bonds is 1. The Bertz CT molecular complexity index is 644. The molecule has 0 atom stereocenters. The van der Waals surface area contributed by atoms with Crippen molar-refractivity contribution in [2.24, 2.45) is 0 Å². The molecule has 19 heavy (non-hydrogen) atoms. The van der Waals surface area contributed by atoms with Gasteiger partial charge in [-0.2, -0.15) is 0 Å². The fourth-order valence-electron chi connectivity index (χ4n) is 2.21. The van der Waals surface area contributed by atoms with Crippen LogP contribution in [0.15, 0.2) is 24.3 Å². The van der Waals surface area contributed by atoms with E-state index in [1.54, 1.807) is 0 Å². The first-order valence-electron chi connectivity index (χ1n) is 5.99. The molecule has 0 aliphatic carbocycles. The van der Waals surface area contributed by atoms with Crippen LogP contribution in [0.3, 0.4) is 0 Å². The topological polar surface area (TPSA) is 24.9 Å². The lowest BCUT2D eigenvalue weighted by molar-refractivity contribution is 0.509. The first kappa shape index (κ1) is 12.5. The zero-order valence-corrected chi connectivity index (χ0v) is 10.8. The van der Waals surface area contributed by atoms with Gasteiger partial charge in [-0.25, -0.2) is 8.78 Å². The number of aromatic nitrogens is 1. The van der Waals surface area contributed by atoms with Crippen LogP contribution in [0.25, 0.3) is 11.3 Å². The molecule has 0 fully saturated rings. The molecule has 2 heterocycles. The summed E-state index contributed by atoms with van der Waals surface area (Å²) < 4.78 is 26.2. The van der Waals surface area contributed by atoms with Crippen molar-refractivity contribution in [1.29, 1.82) is 0 Å². The zero-order chi connectivity index (χ0) is 13.4. The smallest absolute Gasteiger partial charge is 0.159 e. The molecule has 1 aromatic carbocycles. The second-order valence-electron chi connectivity index (χ2n) is 4.48. The average Bonchev–Trinajstić information content (AvgIpc) is 2.41. The molecule has 0 saturated heterocycles. The quantitative estimate of drug-likeness (QED) is 0.867. The van der Waals surface area contributed by atoms with E-state index in [1.165, 1.54) is 6.07 Å². The molecule has 2 nitrogen and oxygen atoms in total. The molecular formula is C14H11ClF2N2. The minimum atomic E-state index is -0.894. The molecule has 1 aliphatic heterocycles.